The number of nitrogens with two attached hydrogens (primary N) is 1. The maximum Gasteiger partial charge on any atom is 0.251 e. The molecule has 1 saturated carbocycles. The summed E-state index contributed by atoms with van der Waals surface area (Å²) in [5.74, 6) is -6.37. The molecule has 0 bridgehead atoms. The number of methoxy groups -OCH3 is 1. The number of nitrogen functional groups attached to an aromatic ring is 1. The van der Waals surface area contributed by atoms with Crippen LogP contribution in [0.4, 0.5) is 23.2 Å². The SMILES string of the molecule is COc1cc(C(=O)NCC(c2nc(-c3cc(Cl)c(F)cc3F)c(F)c(C(C)(C)O)c2F)C2C=CC=CC2)cc(C=NC2CC2)c1N. The molecular weight excluding hydrogens is 624 g/mol. The lowest BCUT2D eigenvalue weighted by Crippen LogP contribution is -2.33. The first-order valence-corrected chi connectivity index (χ1v) is 15.1. The molecule has 46 heavy (non-hydrogen) atoms. The van der Waals surface area contributed by atoms with Crippen LogP contribution in [0.1, 0.15) is 66.2 Å². The molecule has 2 aliphatic carbocycles. The number of anilines is 1. The number of aliphatic imine (C=N–C) groups is 1. The first-order valence-electron chi connectivity index (χ1n) is 14.7. The van der Waals surface area contributed by atoms with Crippen LogP contribution in [0.5, 0.6) is 5.75 Å². The Labute approximate surface area is 268 Å². The molecule has 2 unspecified atom stereocenters. The molecule has 7 nitrogen and oxygen atoms in total. The summed E-state index contributed by atoms with van der Waals surface area (Å²) in [6.07, 6.45) is 11.2. The molecular formula is C34H33ClF4N4O3. The van der Waals surface area contributed by atoms with Crippen molar-refractivity contribution in [3.63, 3.8) is 0 Å². The smallest absolute Gasteiger partial charge is 0.251 e. The first kappa shape index (κ1) is 33.2. The number of amides is 1. The first-order chi connectivity index (χ1) is 21.8. The van der Waals surface area contributed by atoms with Crippen molar-refractivity contribution in [2.75, 3.05) is 19.4 Å². The van der Waals surface area contributed by atoms with Crippen LogP contribution in [0.2, 0.25) is 5.02 Å². The molecule has 0 saturated heterocycles. The van der Waals surface area contributed by atoms with Crippen LogP contribution in [-0.4, -0.2) is 41.9 Å². The topological polar surface area (TPSA) is 110 Å². The second-order valence-corrected chi connectivity index (χ2v) is 12.3. The molecule has 1 heterocycles. The van der Waals surface area contributed by atoms with Crippen LogP contribution in [0.25, 0.3) is 11.3 Å². The second kappa shape index (κ2) is 13.3. The van der Waals surface area contributed by atoms with Crippen molar-refractivity contribution in [2.45, 2.75) is 50.7 Å². The van der Waals surface area contributed by atoms with Gasteiger partial charge >= 0.3 is 0 Å². The number of carbonyl (C=O) groups excluding carboxylic acids is 1. The Kier molecular flexibility index (Phi) is 9.55. The van der Waals surface area contributed by atoms with Gasteiger partial charge < -0.3 is 20.9 Å². The van der Waals surface area contributed by atoms with E-state index in [2.05, 4.69) is 15.3 Å². The van der Waals surface area contributed by atoms with Crippen molar-refractivity contribution in [3.8, 4) is 17.0 Å². The van der Waals surface area contributed by atoms with Crippen LogP contribution >= 0.6 is 11.6 Å². The lowest BCUT2D eigenvalue weighted by atomic mass is 9.82. The summed E-state index contributed by atoms with van der Waals surface area (Å²) in [7, 11) is 1.42. The molecule has 4 N–H and O–H groups in total. The van der Waals surface area contributed by atoms with E-state index in [0.717, 1.165) is 18.9 Å². The lowest BCUT2D eigenvalue weighted by Gasteiger charge is -2.29. The van der Waals surface area contributed by atoms with E-state index in [9.17, 15) is 14.3 Å². The van der Waals surface area contributed by atoms with Gasteiger partial charge in [-0.3, -0.25) is 9.79 Å². The zero-order chi connectivity index (χ0) is 33.3. The van der Waals surface area contributed by atoms with Gasteiger partial charge in [0.2, 0.25) is 0 Å². The number of benzene rings is 2. The van der Waals surface area contributed by atoms with Gasteiger partial charge in [-0.25, -0.2) is 22.5 Å². The largest absolute Gasteiger partial charge is 0.495 e. The fourth-order valence-corrected chi connectivity index (χ4v) is 5.51. The number of carbonyl (C=O) groups is 1. The monoisotopic (exact) mass is 656 g/mol. The number of hydrogen-bond acceptors (Lipinski definition) is 6. The number of halogens is 5. The normalized spacial score (nSPS) is 17.0. The van der Waals surface area contributed by atoms with Crippen molar-refractivity contribution in [2.24, 2.45) is 10.9 Å². The average Bonchev–Trinajstić information content (AvgIpc) is 3.84. The van der Waals surface area contributed by atoms with E-state index in [1.54, 1.807) is 30.5 Å². The summed E-state index contributed by atoms with van der Waals surface area (Å²) >= 11 is 5.89. The molecule has 12 heteroatoms. The Bertz CT molecular complexity index is 1770. The number of pyridine rings is 1. The van der Waals surface area contributed by atoms with Crippen LogP contribution in [0.15, 0.2) is 53.6 Å². The predicted molar refractivity (Wildman–Crippen MR) is 169 cm³/mol. The van der Waals surface area contributed by atoms with Crippen molar-refractivity contribution in [3.05, 3.63) is 99.2 Å². The van der Waals surface area contributed by atoms with E-state index in [4.69, 9.17) is 22.1 Å². The van der Waals surface area contributed by atoms with Crippen molar-refractivity contribution in [1.29, 1.82) is 0 Å². The molecule has 0 spiro atoms. The van der Waals surface area contributed by atoms with Gasteiger partial charge in [0.15, 0.2) is 11.6 Å². The fraction of sp³-hybridized carbons (Fsp3) is 0.324. The summed E-state index contributed by atoms with van der Waals surface area (Å²) in [4.78, 5) is 22.2. The maximum absolute atomic E-state index is 16.3. The molecule has 1 fully saturated rings. The van der Waals surface area contributed by atoms with Gasteiger partial charge in [-0.2, -0.15) is 0 Å². The molecule has 2 atom stereocenters. The molecule has 1 aromatic heterocycles. The maximum atomic E-state index is 16.3. The molecule has 0 aliphatic heterocycles. The zero-order valence-electron chi connectivity index (χ0n) is 25.4. The van der Waals surface area contributed by atoms with Crippen molar-refractivity contribution >= 4 is 29.4 Å². The minimum Gasteiger partial charge on any atom is -0.495 e. The summed E-state index contributed by atoms with van der Waals surface area (Å²) in [6, 6.07) is 4.59. The highest BCUT2D eigenvalue weighted by molar-refractivity contribution is 6.31. The van der Waals surface area contributed by atoms with Crippen LogP contribution in [0, 0.1) is 29.2 Å². The summed E-state index contributed by atoms with van der Waals surface area (Å²) in [5.41, 5.74) is 2.89. The zero-order valence-corrected chi connectivity index (χ0v) is 26.1. The van der Waals surface area contributed by atoms with E-state index in [-0.39, 0.29) is 29.6 Å². The van der Waals surface area contributed by atoms with Gasteiger partial charge in [0, 0.05) is 41.4 Å². The Balaban J connectivity index is 1.58. The highest BCUT2D eigenvalue weighted by Crippen LogP contribution is 2.40. The summed E-state index contributed by atoms with van der Waals surface area (Å²) < 4.78 is 66.6. The minimum absolute atomic E-state index is 0.188. The second-order valence-electron chi connectivity index (χ2n) is 11.9. The van der Waals surface area contributed by atoms with Crippen LogP contribution in [0.3, 0.4) is 0 Å². The average molecular weight is 657 g/mol. The Hall–Kier alpha value is -4.22. The third-order valence-corrected chi connectivity index (χ3v) is 8.26. The number of aromatic nitrogens is 1. The van der Waals surface area contributed by atoms with Gasteiger partial charge in [-0.1, -0.05) is 35.9 Å². The number of nitrogens with one attached hydrogen (secondary N) is 1. The number of ether oxygens (including phenoxy) is 1. The van der Waals surface area contributed by atoms with Gasteiger partial charge in [0.05, 0.1) is 40.7 Å². The lowest BCUT2D eigenvalue weighted by molar-refractivity contribution is 0.0696. The van der Waals surface area contributed by atoms with E-state index in [1.807, 2.05) is 6.08 Å². The molecule has 2 aromatic carbocycles. The summed E-state index contributed by atoms with van der Waals surface area (Å²) in [5, 5.41) is 13.1. The third-order valence-electron chi connectivity index (χ3n) is 7.97. The summed E-state index contributed by atoms with van der Waals surface area (Å²) in [6.45, 7) is 2.16. The fourth-order valence-electron chi connectivity index (χ4n) is 5.34. The van der Waals surface area contributed by atoms with Crippen LogP contribution < -0.4 is 15.8 Å². The highest BCUT2D eigenvalue weighted by Gasteiger charge is 2.36. The molecule has 5 rings (SSSR count). The Morgan fingerprint density at radius 1 is 1.17 bits per heavy atom. The third kappa shape index (κ3) is 6.95. The van der Waals surface area contributed by atoms with E-state index >= 15 is 13.2 Å². The van der Waals surface area contributed by atoms with E-state index in [0.29, 0.717) is 23.7 Å². The number of aliphatic hydroxyl groups is 1. The quantitative estimate of drug-likeness (QED) is 0.0942. The van der Waals surface area contributed by atoms with Gasteiger partial charge in [-0.15, -0.1) is 0 Å². The van der Waals surface area contributed by atoms with E-state index in [1.165, 1.54) is 27.0 Å². The number of allylic oxidation sites excluding steroid dienone is 4. The van der Waals surface area contributed by atoms with Gasteiger partial charge in [0.25, 0.3) is 5.91 Å². The Morgan fingerprint density at radius 3 is 2.54 bits per heavy atom. The standard InChI is InChI=1S/C34H33ClF4N4O3/c1-34(2,45)27-28(38)31(21-13-23(35)25(37)14-24(21)36)43-32(29(27)39)22(17-7-5-4-6-8-17)16-42-33(44)18-11-19(15-41-20-9-10-20)30(40)26(12-18)46-3/h4-7,11-15,17,20,22,45H,8-10,16,40H2,1-3H3,(H,42,44). The number of nitrogens with zero attached hydrogens (tertiary/aromatic N) is 2. The highest BCUT2D eigenvalue weighted by atomic mass is 35.5. The van der Waals surface area contributed by atoms with Crippen molar-refractivity contribution < 1.29 is 32.2 Å². The minimum atomic E-state index is -2.07. The number of hydrogen-bond donors (Lipinski definition) is 3. The van der Waals surface area contributed by atoms with Gasteiger partial charge in [-0.05, 0) is 57.2 Å². The number of rotatable bonds is 10. The molecule has 1 amide bonds. The van der Waals surface area contributed by atoms with Crippen LogP contribution in [-0.2, 0) is 5.60 Å². The molecule has 2 aliphatic rings. The van der Waals surface area contributed by atoms with Crippen molar-refractivity contribution in [1.82, 2.24) is 10.3 Å². The Morgan fingerprint density at radius 2 is 1.91 bits per heavy atom. The predicted octanol–water partition coefficient (Wildman–Crippen LogP) is 7.00. The molecule has 242 valence electrons. The molecule has 3 aromatic rings. The molecule has 0 radical (unpaired) electrons. The van der Waals surface area contributed by atoms with E-state index < -0.39 is 68.5 Å². The van der Waals surface area contributed by atoms with Gasteiger partial charge in [0.1, 0.15) is 23.1 Å².